The maximum Gasteiger partial charge on any atom is 0.141 e. The van der Waals surface area contributed by atoms with Crippen molar-refractivity contribution in [2.45, 2.75) is 19.8 Å². The molecule has 0 aromatic rings. The number of Topliss-reactive ketones (excluding diaryl/α,β-unsaturated/α-hetero) is 1. The van der Waals surface area contributed by atoms with Gasteiger partial charge in [0.1, 0.15) is 14.6 Å². The van der Waals surface area contributed by atoms with E-state index in [1.54, 1.807) is 0 Å². The minimum atomic E-state index is -2.64. The summed E-state index contributed by atoms with van der Waals surface area (Å²) >= 11 is 4.55. The molecule has 5 nitrogen and oxygen atoms in total. The zero-order valence-corrected chi connectivity index (χ0v) is 13.8. The van der Waals surface area contributed by atoms with Gasteiger partial charge in [-0.15, -0.1) is 24.8 Å². The summed E-state index contributed by atoms with van der Waals surface area (Å²) in [6, 6.07) is 0. The van der Waals surface area contributed by atoms with Gasteiger partial charge in [-0.3, -0.25) is 8.98 Å². The van der Waals surface area contributed by atoms with Crippen molar-refractivity contribution < 1.29 is 13.2 Å². The number of hydrogen-bond acceptors (Lipinski definition) is 6. The van der Waals surface area contributed by atoms with Crippen LogP contribution in [0.25, 0.3) is 0 Å². The van der Waals surface area contributed by atoms with Gasteiger partial charge < -0.3 is 11.5 Å². The first kappa shape index (κ1) is 23.6. The zero-order valence-electron chi connectivity index (χ0n) is 10.5. The van der Waals surface area contributed by atoms with E-state index in [1.807, 2.05) is 6.92 Å². The van der Waals surface area contributed by atoms with Crippen LogP contribution in [0.2, 0.25) is 0 Å². The summed E-state index contributed by atoms with van der Waals surface area (Å²) in [6.45, 7) is 2.67. The summed E-state index contributed by atoms with van der Waals surface area (Å²) in [5, 5.41) is 0. The normalized spacial score (nSPS) is 14.0. The Balaban J connectivity index is -0.00000112. The monoisotopic (exact) mass is 340 g/mol. The van der Waals surface area contributed by atoms with E-state index in [1.165, 1.54) is 6.26 Å². The average molecular weight is 341 g/mol. The predicted molar refractivity (Wildman–Crippen MR) is 82.3 cm³/mol. The van der Waals surface area contributed by atoms with Gasteiger partial charge in [0.25, 0.3) is 0 Å². The van der Waals surface area contributed by atoms with Gasteiger partial charge in [-0.2, -0.15) is 0 Å². The molecule has 112 valence electrons. The van der Waals surface area contributed by atoms with Crippen molar-refractivity contribution in [3.8, 4) is 0 Å². The van der Waals surface area contributed by atoms with E-state index >= 15 is 0 Å². The Morgan fingerprint density at radius 2 is 1.78 bits per heavy atom. The first-order valence-electron chi connectivity index (χ1n) is 4.99. The second-order valence-electron chi connectivity index (χ2n) is 4.21. The third-order valence-electron chi connectivity index (χ3n) is 2.29. The molecular weight excluding hydrogens is 319 g/mol. The summed E-state index contributed by atoms with van der Waals surface area (Å²) in [5.41, 5.74) is 10.7. The second kappa shape index (κ2) is 10.3. The highest BCUT2D eigenvalue weighted by atomic mass is 35.5. The highest BCUT2D eigenvalue weighted by molar-refractivity contribution is 8.29. The lowest BCUT2D eigenvalue weighted by Crippen LogP contribution is -2.37. The number of carbonyl (C=O) groups excluding carboxylic acids is 1. The van der Waals surface area contributed by atoms with E-state index in [9.17, 15) is 9.00 Å². The molecule has 1 unspecified atom stereocenters. The zero-order chi connectivity index (χ0) is 12.8. The van der Waals surface area contributed by atoms with E-state index in [0.29, 0.717) is 19.5 Å². The molecule has 0 fully saturated rings. The van der Waals surface area contributed by atoms with Crippen molar-refractivity contribution in [2.24, 2.45) is 16.9 Å². The van der Waals surface area contributed by atoms with Crippen LogP contribution in [0.1, 0.15) is 19.8 Å². The molecule has 0 aliphatic heterocycles. The van der Waals surface area contributed by atoms with E-state index in [-0.39, 0.29) is 49.0 Å². The molecule has 18 heavy (non-hydrogen) atoms. The Kier molecular flexibility index (Phi) is 13.5. The molecule has 0 aromatic carbocycles. The minimum absolute atomic E-state index is 0. The molecule has 0 amide bonds. The molecule has 0 aliphatic rings. The van der Waals surface area contributed by atoms with Crippen molar-refractivity contribution in [3.63, 3.8) is 0 Å². The van der Waals surface area contributed by atoms with Crippen LogP contribution in [0.5, 0.6) is 0 Å². The molecule has 0 rings (SSSR count). The summed E-state index contributed by atoms with van der Waals surface area (Å²) in [5.74, 6) is -0.00273. The summed E-state index contributed by atoms with van der Waals surface area (Å²) in [6.07, 6.45) is 1.82. The van der Waals surface area contributed by atoms with Gasteiger partial charge in [-0.05, 0) is 18.5 Å². The van der Waals surface area contributed by atoms with E-state index in [2.05, 4.69) is 11.2 Å². The predicted octanol–water partition coefficient (Wildman–Crippen LogP) is 0.411. The van der Waals surface area contributed by atoms with E-state index < -0.39 is 8.77 Å². The molecule has 0 spiro atoms. The fourth-order valence-electron chi connectivity index (χ4n) is 1.10. The fraction of sp³-hybridized carbons (Fsp3) is 0.889. The molecule has 0 heterocycles. The molecule has 1 atom stereocenters. The van der Waals surface area contributed by atoms with Crippen LogP contribution in [-0.2, 0) is 28.9 Å². The SMILES string of the molecule is CC(CN)(CN)CC(=O)CCOS(C)(=O)=S.Cl.Cl. The first-order chi connectivity index (χ1) is 7.22. The van der Waals surface area contributed by atoms with Crippen molar-refractivity contribution in [2.75, 3.05) is 26.0 Å². The minimum Gasteiger partial charge on any atom is -0.330 e. The van der Waals surface area contributed by atoms with Crippen LogP contribution in [0.15, 0.2) is 0 Å². The van der Waals surface area contributed by atoms with Crippen molar-refractivity contribution in [1.29, 1.82) is 0 Å². The molecule has 0 saturated heterocycles. The van der Waals surface area contributed by atoms with Crippen LogP contribution in [-0.4, -0.2) is 35.9 Å². The van der Waals surface area contributed by atoms with Crippen LogP contribution in [0.3, 0.4) is 0 Å². The molecule has 9 heteroatoms. The summed E-state index contributed by atoms with van der Waals surface area (Å²) < 4.78 is 15.8. The van der Waals surface area contributed by atoms with Crippen LogP contribution in [0.4, 0.5) is 0 Å². The Morgan fingerprint density at radius 3 is 2.11 bits per heavy atom. The molecule has 0 aliphatic carbocycles. The fourth-order valence-corrected chi connectivity index (χ4v) is 1.69. The number of halogens is 2. The smallest absolute Gasteiger partial charge is 0.141 e. The Bertz CT molecular complexity index is 333. The second-order valence-corrected chi connectivity index (χ2v) is 7.67. The third-order valence-corrected chi connectivity index (χ3v) is 3.17. The van der Waals surface area contributed by atoms with Crippen LogP contribution < -0.4 is 11.5 Å². The third kappa shape index (κ3) is 11.6. The van der Waals surface area contributed by atoms with Gasteiger partial charge >= 0.3 is 0 Å². The number of nitrogens with two attached hydrogens (primary N) is 2. The maximum atomic E-state index is 11.5. The average Bonchev–Trinajstić information content (AvgIpc) is 2.15. The van der Waals surface area contributed by atoms with Gasteiger partial charge in [-0.1, -0.05) is 6.92 Å². The molecule has 4 N–H and O–H groups in total. The maximum absolute atomic E-state index is 11.5. The Labute approximate surface area is 126 Å². The van der Waals surface area contributed by atoms with Gasteiger partial charge in [0, 0.05) is 30.3 Å². The lowest BCUT2D eigenvalue weighted by atomic mass is 9.84. The first-order valence-corrected chi connectivity index (χ1v) is 7.80. The number of carbonyl (C=O) groups is 1. The van der Waals surface area contributed by atoms with Crippen LogP contribution in [0, 0.1) is 5.41 Å². The molecular formula is C9H22Cl2N2O3S2. The molecule has 0 bridgehead atoms. The highest BCUT2D eigenvalue weighted by Gasteiger charge is 2.24. The number of rotatable bonds is 8. The lowest BCUT2D eigenvalue weighted by Gasteiger charge is -2.24. The van der Waals surface area contributed by atoms with Gasteiger partial charge in [0.15, 0.2) is 0 Å². The number of ketones is 1. The lowest BCUT2D eigenvalue weighted by molar-refractivity contribution is -0.121. The summed E-state index contributed by atoms with van der Waals surface area (Å²) in [7, 11) is -2.64. The van der Waals surface area contributed by atoms with Gasteiger partial charge in [-0.25, -0.2) is 4.21 Å². The topological polar surface area (TPSA) is 95.4 Å². The summed E-state index contributed by atoms with van der Waals surface area (Å²) in [4.78, 5) is 11.5. The van der Waals surface area contributed by atoms with Gasteiger partial charge in [0.2, 0.25) is 0 Å². The van der Waals surface area contributed by atoms with Crippen molar-refractivity contribution in [3.05, 3.63) is 0 Å². The van der Waals surface area contributed by atoms with Crippen molar-refractivity contribution >= 4 is 50.6 Å². The largest absolute Gasteiger partial charge is 0.330 e. The molecule has 0 saturated carbocycles. The Morgan fingerprint density at radius 1 is 1.33 bits per heavy atom. The van der Waals surface area contributed by atoms with E-state index in [4.69, 9.17) is 15.7 Å². The standard InChI is InChI=1S/C9H20N2O3S2.2ClH/c1-9(6-10,7-11)5-8(12)3-4-14-16(2,13)15;;/h3-7,10-11H2,1-2H3;2*1H. The van der Waals surface area contributed by atoms with Crippen LogP contribution >= 0.6 is 24.8 Å². The Hall–Kier alpha value is 0.500. The molecule has 0 radical (unpaired) electrons. The van der Waals surface area contributed by atoms with Gasteiger partial charge in [0.05, 0.1) is 6.61 Å². The highest BCUT2D eigenvalue weighted by Crippen LogP contribution is 2.18. The van der Waals surface area contributed by atoms with Crippen molar-refractivity contribution in [1.82, 2.24) is 0 Å². The molecule has 0 aromatic heterocycles. The van der Waals surface area contributed by atoms with E-state index in [0.717, 1.165) is 0 Å². The quantitative estimate of drug-likeness (QED) is 0.664. The number of hydrogen-bond donors (Lipinski definition) is 2.